The fourth-order valence-electron chi connectivity index (χ4n) is 1.34. The van der Waals surface area contributed by atoms with E-state index in [-0.39, 0.29) is 11.9 Å². The van der Waals surface area contributed by atoms with Crippen LogP contribution in [0, 0.1) is 0 Å². The number of carbonyl (C=O) groups is 1. The second-order valence-corrected chi connectivity index (χ2v) is 3.66. The molecular formula is C10H18N4O. The number of hydrogen-bond acceptors (Lipinski definition) is 3. The van der Waals surface area contributed by atoms with E-state index >= 15 is 0 Å². The highest BCUT2D eigenvalue weighted by Crippen LogP contribution is 2.09. The van der Waals surface area contributed by atoms with Gasteiger partial charge in [-0.15, -0.1) is 0 Å². The molecule has 0 aromatic carbocycles. The Kier molecular flexibility index (Phi) is 4.30. The van der Waals surface area contributed by atoms with Crippen molar-refractivity contribution in [2.24, 2.45) is 5.73 Å². The van der Waals surface area contributed by atoms with Gasteiger partial charge in [0.1, 0.15) is 0 Å². The van der Waals surface area contributed by atoms with Crippen molar-refractivity contribution < 1.29 is 4.79 Å². The summed E-state index contributed by atoms with van der Waals surface area (Å²) in [6, 6.07) is -0.469. The summed E-state index contributed by atoms with van der Waals surface area (Å²) in [5.41, 5.74) is 6.64. The van der Waals surface area contributed by atoms with Gasteiger partial charge in [-0.25, -0.2) is 0 Å². The van der Waals surface area contributed by atoms with Crippen molar-refractivity contribution in [1.29, 1.82) is 0 Å². The number of nitrogens with two attached hydrogens (primary N) is 1. The number of H-pyrrole nitrogens is 1. The number of rotatable bonds is 5. The first-order valence-corrected chi connectivity index (χ1v) is 5.19. The number of hydrogen-bond donors (Lipinski definition) is 3. The van der Waals surface area contributed by atoms with Crippen molar-refractivity contribution in [3.63, 3.8) is 0 Å². The van der Waals surface area contributed by atoms with Crippen LogP contribution in [0.5, 0.6) is 0 Å². The van der Waals surface area contributed by atoms with Gasteiger partial charge in [-0.3, -0.25) is 9.89 Å². The highest BCUT2D eigenvalue weighted by Gasteiger charge is 2.15. The van der Waals surface area contributed by atoms with Gasteiger partial charge in [0.15, 0.2) is 0 Å². The van der Waals surface area contributed by atoms with E-state index in [1.165, 1.54) is 0 Å². The van der Waals surface area contributed by atoms with Crippen molar-refractivity contribution >= 4 is 5.91 Å². The van der Waals surface area contributed by atoms with Crippen LogP contribution in [0.25, 0.3) is 0 Å². The molecule has 1 aromatic heterocycles. The summed E-state index contributed by atoms with van der Waals surface area (Å²) in [6.45, 7) is 3.91. The zero-order valence-electron chi connectivity index (χ0n) is 9.16. The zero-order chi connectivity index (χ0) is 11.3. The van der Waals surface area contributed by atoms with Gasteiger partial charge in [-0.05, 0) is 13.3 Å². The normalized spacial score (nSPS) is 14.6. The largest absolute Gasteiger partial charge is 0.348 e. The van der Waals surface area contributed by atoms with E-state index in [1.54, 1.807) is 12.4 Å². The Morgan fingerprint density at radius 1 is 1.73 bits per heavy atom. The average molecular weight is 210 g/mol. The molecule has 1 heterocycles. The lowest BCUT2D eigenvalue weighted by atomic mass is 10.1. The van der Waals surface area contributed by atoms with E-state index in [4.69, 9.17) is 5.73 Å². The van der Waals surface area contributed by atoms with E-state index in [0.29, 0.717) is 6.42 Å². The molecule has 1 rings (SSSR count). The Morgan fingerprint density at radius 2 is 2.47 bits per heavy atom. The van der Waals surface area contributed by atoms with Crippen LogP contribution in [0.1, 0.15) is 38.3 Å². The van der Waals surface area contributed by atoms with Crippen molar-refractivity contribution in [2.45, 2.75) is 38.8 Å². The maximum absolute atomic E-state index is 11.6. The lowest BCUT2D eigenvalue weighted by molar-refractivity contribution is -0.123. The predicted octanol–water partition coefficient (Wildman–Crippen LogP) is 0.714. The van der Waals surface area contributed by atoms with E-state index in [0.717, 1.165) is 12.0 Å². The van der Waals surface area contributed by atoms with Gasteiger partial charge < -0.3 is 11.1 Å². The van der Waals surface area contributed by atoms with Crippen LogP contribution in [-0.2, 0) is 4.79 Å². The number of amides is 1. The zero-order valence-corrected chi connectivity index (χ0v) is 9.16. The summed E-state index contributed by atoms with van der Waals surface area (Å²) in [7, 11) is 0. The molecule has 0 bridgehead atoms. The van der Waals surface area contributed by atoms with E-state index in [9.17, 15) is 4.79 Å². The third kappa shape index (κ3) is 3.36. The second kappa shape index (κ2) is 5.50. The van der Waals surface area contributed by atoms with E-state index in [1.807, 2.05) is 13.8 Å². The van der Waals surface area contributed by atoms with Crippen LogP contribution in [0.4, 0.5) is 0 Å². The van der Waals surface area contributed by atoms with Crippen LogP contribution in [-0.4, -0.2) is 22.1 Å². The summed E-state index contributed by atoms with van der Waals surface area (Å²) in [5, 5.41) is 9.37. The fraction of sp³-hybridized carbons (Fsp3) is 0.600. The monoisotopic (exact) mass is 210 g/mol. The minimum Gasteiger partial charge on any atom is -0.348 e. The Morgan fingerprint density at radius 3 is 3.00 bits per heavy atom. The molecule has 0 aliphatic rings. The van der Waals surface area contributed by atoms with Gasteiger partial charge in [-0.1, -0.05) is 13.3 Å². The molecule has 0 fully saturated rings. The molecule has 0 radical (unpaired) electrons. The van der Waals surface area contributed by atoms with Gasteiger partial charge in [0.2, 0.25) is 5.91 Å². The highest BCUT2D eigenvalue weighted by atomic mass is 16.2. The summed E-state index contributed by atoms with van der Waals surface area (Å²) in [4.78, 5) is 11.6. The average Bonchev–Trinajstić information content (AvgIpc) is 2.70. The fourth-order valence-corrected chi connectivity index (χ4v) is 1.34. The topological polar surface area (TPSA) is 83.8 Å². The van der Waals surface area contributed by atoms with Gasteiger partial charge in [-0.2, -0.15) is 5.10 Å². The lowest BCUT2D eigenvalue weighted by Crippen LogP contribution is -2.41. The maximum Gasteiger partial charge on any atom is 0.237 e. The minimum atomic E-state index is -0.413. The molecule has 2 unspecified atom stereocenters. The molecular weight excluding hydrogens is 192 g/mol. The van der Waals surface area contributed by atoms with Crippen molar-refractivity contribution in [3.05, 3.63) is 18.0 Å². The van der Waals surface area contributed by atoms with Gasteiger partial charge in [0.05, 0.1) is 18.3 Å². The Bertz CT molecular complexity index is 296. The number of nitrogens with one attached hydrogen (secondary N) is 2. The first kappa shape index (κ1) is 11.7. The van der Waals surface area contributed by atoms with Crippen molar-refractivity contribution in [3.8, 4) is 0 Å². The first-order valence-electron chi connectivity index (χ1n) is 5.19. The van der Waals surface area contributed by atoms with Gasteiger partial charge in [0, 0.05) is 11.8 Å². The molecule has 0 spiro atoms. The SMILES string of the molecule is CCCC(N)C(=O)NC(C)c1cn[nH]c1. The quantitative estimate of drug-likeness (QED) is 0.669. The third-order valence-corrected chi connectivity index (χ3v) is 2.31. The van der Waals surface area contributed by atoms with Crippen LogP contribution in [0.3, 0.4) is 0 Å². The summed E-state index contributed by atoms with van der Waals surface area (Å²) in [6.07, 6.45) is 5.07. The van der Waals surface area contributed by atoms with Crippen LogP contribution < -0.4 is 11.1 Å². The molecule has 2 atom stereocenters. The maximum atomic E-state index is 11.6. The number of aromatic amines is 1. The molecule has 0 aliphatic heterocycles. The van der Waals surface area contributed by atoms with Gasteiger partial charge >= 0.3 is 0 Å². The minimum absolute atomic E-state index is 0.0563. The highest BCUT2D eigenvalue weighted by molar-refractivity contribution is 5.81. The van der Waals surface area contributed by atoms with Gasteiger partial charge in [0.25, 0.3) is 0 Å². The van der Waals surface area contributed by atoms with Crippen LogP contribution >= 0.6 is 0 Å². The summed E-state index contributed by atoms with van der Waals surface area (Å²) < 4.78 is 0. The molecule has 5 heteroatoms. The molecule has 0 saturated heterocycles. The molecule has 84 valence electrons. The summed E-state index contributed by atoms with van der Waals surface area (Å²) >= 11 is 0. The second-order valence-electron chi connectivity index (χ2n) is 3.66. The van der Waals surface area contributed by atoms with Crippen LogP contribution in [0.15, 0.2) is 12.4 Å². The molecule has 5 nitrogen and oxygen atoms in total. The predicted molar refractivity (Wildman–Crippen MR) is 58.0 cm³/mol. The number of carbonyl (C=O) groups excluding carboxylic acids is 1. The molecule has 0 saturated carbocycles. The van der Waals surface area contributed by atoms with Crippen molar-refractivity contribution in [2.75, 3.05) is 0 Å². The molecule has 15 heavy (non-hydrogen) atoms. The molecule has 0 aliphatic carbocycles. The number of nitrogens with zero attached hydrogens (tertiary/aromatic N) is 1. The van der Waals surface area contributed by atoms with E-state index < -0.39 is 6.04 Å². The standard InChI is InChI=1S/C10H18N4O/c1-3-4-9(11)10(15)14-7(2)8-5-12-13-6-8/h5-7,9H,3-4,11H2,1-2H3,(H,12,13)(H,14,15). The Labute approximate surface area is 89.4 Å². The molecule has 1 aromatic rings. The summed E-state index contributed by atoms with van der Waals surface area (Å²) in [5.74, 6) is -0.106. The molecule has 1 amide bonds. The Balaban J connectivity index is 2.44. The Hall–Kier alpha value is -1.36. The van der Waals surface area contributed by atoms with E-state index in [2.05, 4.69) is 15.5 Å². The first-order chi connectivity index (χ1) is 7.15. The van der Waals surface area contributed by atoms with Crippen molar-refractivity contribution in [1.82, 2.24) is 15.5 Å². The number of aromatic nitrogens is 2. The smallest absolute Gasteiger partial charge is 0.237 e. The lowest BCUT2D eigenvalue weighted by Gasteiger charge is -2.15. The molecule has 4 N–H and O–H groups in total. The van der Waals surface area contributed by atoms with Crippen LogP contribution in [0.2, 0.25) is 0 Å². The third-order valence-electron chi connectivity index (χ3n) is 2.31.